The van der Waals surface area contributed by atoms with E-state index in [4.69, 9.17) is 0 Å². The zero-order valence-electron chi connectivity index (χ0n) is 15.1. The van der Waals surface area contributed by atoms with E-state index in [2.05, 4.69) is 14.9 Å². The van der Waals surface area contributed by atoms with Crippen LogP contribution in [0.1, 0.15) is 23.2 Å². The molecule has 1 aliphatic heterocycles. The zero-order valence-corrected chi connectivity index (χ0v) is 15.1. The van der Waals surface area contributed by atoms with Gasteiger partial charge in [0.25, 0.3) is 5.91 Å². The summed E-state index contributed by atoms with van der Waals surface area (Å²) < 4.78 is 0. The van der Waals surface area contributed by atoms with Gasteiger partial charge < -0.3 is 14.7 Å². The van der Waals surface area contributed by atoms with Crippen molar-refractivity contribution in [3.63, 3.8) is 0 Å². The number of benzene rings is 1. The second-order valence-corrected chi connectivity index (χ2v) is 6.17. The number of piperazine rings is 1. The summed E-state index contributed by atoms with van der Waals surface area (Å²) in [6, 6.07) is 11.7. The summed E-state index contributed by atoms with van der Waals surface area (Å²) in [6.07, 6.45) is 0.827. The zero-order chi connectivity index (χ0) is 18.5. The Bertz CT molecular complexity index is 773. The highest BCUT2D eigenvalue weighted by atomic mass is 16.2. The number of carbonyl (C=O) groups excluding carboxylic acids is 2. The van der Waals surface area contributed by atoms with Crippen molar-refractivity contribution in [2.75, 3.05) is 37.6 Å². The smallest absolute Gasteiger partial charge is 0.272 e. The van der Waals surface area contributed by atoms with Crippen LogP contribution >= 0.6 is 0 Å². The van der Waals surface area contributed by atoms with E-state index in [1.807, 2.05) is 37.3 Å². The van der Waals surface area contributed by atoms with E-state index in [1.54, 1.807) is 22.8 Å². The molecule has 2 aromatic rings. The van der Waals surface area contributed by atoms with Crippen molar-refractivity contribution >= 4 is 23.8 Å². The van der Waals surface area contributed by atoms with Gasteiger partial charge in [-0.05, 0) is 26.0 Å². The van der Waals surface area contributed by atoms with Gasteiger partial charge in [0.05, 0.1) is 0 Å². The minimum atomic E-state index is -0.119. The fourth-order valence-electron chi connectivity index (χ4n) is 3.08. The average Bonchev–Trinajstić information content (AvgIpc) is 2.68. The SMILES string of the molecule is CCN(c1ccccc1)c1cc(C(=O)N2CCN(C=O)CC2)nc(C)n1. The van der Waals surface area contributed by atoms with E-state index in [0.29, 0.717) is 43.5 Å². The normalized spacial score (nSPS) is 14.2. The Morgan fingerprint density at radius 2 is 1.85 bits per heavy atom. The number of rotatable bonds is 5. The van der Waals surface area contributed by atoms with Gasteiger partial charge in [0, 0.05) is 44.5 Å². The van der Waals surface area contributed by atoms with Crippen molar-refractivity contribution in [2.45, 2.75) is 13.8 Å². The summed E-state index contributed by atoms with van der Waals surface area (Å²) in [4.78, 5) is 38.0. The predicted molar refractivity (Wildman–Crippen MR) is 99.4 cm³/mol. The highest BCUT2D eigenvalue weighted by molar-refractivity contribution is 5.93. The Hall–Kier alpha value is -2.96. The summed E-state index contributed by atoms with van der Waals surface area (Å²) in [7, 11) is 0. The van der Waals surface area contributed by atoms with E-state index in [9.17, 15) is 9.59 Å². The molecule has 0 N–H and O–H groups in total. The highest BCUT2D eigenvalue weighted by Gasteiger charge is 2.23. The Morgan fingerprint density at radius 1 is 1.15 bits per heavy atom. The van der Waals surface area contributed by atoms with Crippen LogP contribution in [0.15, 0.2) is 36.4 Å². The lowest BCUT2D eigenvalue weighted by atomic mass is 10.2. The number of aryl methyl sites for hydroxylation is 1. The van der Waals surface area contributed by atoms with Gasteiger partial charge in [-0.2, -0.15) is 0 Å². The van der Waals surface area contributed by atoms with Gasteiger partial charge in [0.15, 0.2) is 0 Å². The Balaban J connectivity index is 1.85. The summed E-state index contributed by atoms with van der Waals surface area (Å²) in [5.74, 6) is 1.15. The lowest BCUT2D eigenvalue weighted by Gasteiger charge is -2.32. The molecular weight excluding hydrogens is 330 g/mol. The third kappa shape index (κ3) is 3.82. The number of aromatic nitrogens is 2. The molecule has 7 heteroatoms. The number of amides is 2. The molecule has 1 aromatic carbocycles. The van der Waals surface area contributed by atoms with Gasteiger partial charge >= 0.3 is 0 Å². The fourth-order valence-corrected chi connectivity index (χ4v) is 3.08. The third-order valence-corrected chi connectivity index (χ3v) is 4.45. The molecule has 0 aliphatic carbocycles. The molecule has 1 aliphatic rings. The van der Waals surface area contributed by atoms with Crippen LogP contribution < -0.4 is 4.90 Å². The van der Waals surface area contributed by atoms with Crippen LogP contribution in [-0.2, 0) is 4.79 Å². The molecule has 1 fully saturated rings. The Kier molecular flexibility index (Phi) is 5.46. The van der Waals surface area contributed by atoms with E-state index in [1.165, 1.54) is 0 Å². The second-order valence-electron chi connectivity index (χ2n) is 6.17. The first-order valence-corrected chi connectivity index (χ1v) is 8.79. The maximum absolute atomic E-state index is 12.9. The number of hydrogen-bond acceptors (Lipinski definition) is 5. The van der Waals surface area contributed by atoms with Crippen LogP contribution in [0, 0.1) is 6.92 Å². The number of carbonyl (C=O) groups is 2. The Morgan fingerprint density at radius 3 is 2.46 bits per heavy atom. The lowest BCUT2D eigenvalue weighted by molar-refractivity contribution is -0.119. The average molecular weight is 353 g/mol. The van der Waals surface area contributed by atoms with Crippen LogP contribution in [-0.4, -0.2) is 64.8 Å². The van der Waals surface area contributed by atoms with Gasteiger partial charge in [0.1, 0.15) is 17.3 Å². The molecular formula is C19H23N5O2. The van der Waals surface area contributed by atoms with E-state index >= 15 is 0 Å². The number of nitrogens with zero attached hydrogens (tertiary/aromatic N) is 5. The van der Waals surface area contributed by atoms with Crippen molar-refractivity contribution in [3.8, 4) is 0 Å². The van der Waals surface area contributed by atoms with Crippen molar-refractivity contribution < 1.29 is 9.59 Å². The van der Waals surface area contributed by atoms with Gasteiger partial charge in [-0.25, -0.2) is 9.97 Å². The van der Waals surface area contributed by atoms with E-state index < -0.39 is 0 Å². The van der Waals surface area contributed by atoms with Crippen LogP contribution in [0.3, 0.4) is 0 Å². The van der Waals surface area contributed by atoms with Gasteiger partial charge in [-0.3, -0.25) is 9.59 Å². The van der Waals surface area contributed by atoms with E-state index in [-0.39, 0.29) is 5.91 Å². The monoisotopic (exact) mass is 353 g/mol. The molecule has 1 saturated heterocycles. The topological polar surface area (TPSA) is 69.6 Å². The summed E-state index contributed by atoms with van der Waals surface area (Å²) in [5.41, 5.74) is 1.41. The minimum absolute atomic E-state index is 0.119. The third-order valence-electron chi connectivity index (χ3n) is 4.45. The summed E-state index contributed by atoms with van der Waals surface area (Å²) in [5, 5.41) is 0. The predicted octanol–water partition coefficient (Wildman–Crippen LogP) is 1.86. The molecule has 0 atom stereocenters. The molecule has 2 amide bonds. The maximum atomic E-state index is 12.9. The summed E-state index contributed by atoms with van der Waals surface area (Å²) >= 11 is 0. The molecule has 0 saturated carbocycles. The first-order chi connectivity index (χ1) is 12.6. The molecule has 1 aromatic heterocycles. The fraction of sp³-hybridized carbons (Fsp3) is 0.368. The van der Waals surface area contributed by atoms with Crippen molar-refractivity contribution in [1.82, 2.24) is 19.8 Å². The molecule has 7 nitrogen and oxygen atoms in total. The molecule has 0 unspecified atom stereocenters. The molecule has 2 heterocycles. The van der Waals surface area contributed by atoms with Crippen molar-refractivity contribution in [1.29, 1.82) is 0 Å². The summed E-state index contributed by atoms with van der Waals surface area (Å²) in [6.45, 7) is 6.72. The van der Waals surface area contributed by atoms with Crippen molar-refractivity contribution in [3.05, 3.63) is 47.9 Å². The first kappa shape index (κ1) is 17.8. The maximum Gasteiger partial charge on any atom is 0.272 e. The van der Waals surface area contributed by atoms with Crippen LogP contribution in [0.25, 0.3) is 0 Å². The van der Waals surface area contributed by atoms with Crippen LogP contribution in [0.4, 0.5) is 11.5 Å². The standard InChI is InChI=1S/C19H23N5O2/c1-3-24(16-7-5-4-6-8-16)18-13-17(20-15(2)21-18)19(26)23-11-9-22(14-25)10-12-23/h4-8,13-14H,3,9-12H2,1-2H3. The largest absolute Gasteiger partial charge is 0.342 e. The second kappa shape index (κ2) is 7.95. The molecule has 26 heavy (non-hydrogen) atoms. The first-order valence-electron chi connectivity index (χ1n) is 8.79. The molecule has 0 spiro atoms. The highest BCUT2D eigenvalue weighted by Crippen LogP contribution is 2.24. The van der Waals surface area contributed by atoms with Crippen LogP contribution in [0.5, 0.6) is 0 Å². The van der Waals surface area contributed by atoms with Gasteiger partial charge in [-0.1, -0.05) is 18.2 Å². The van der Waals surface area contributed by atoms with Crippen molar-refractivity contribution in [2.24, 2.45) is 0 Å². The quantitative estimate of drug-likeness (QED) is 0.768. The van der Waals surface area contributed by atoms with Gasteiger partial charge in [-0.15, -0.1) is 0 Å². The number of hydrogen-bond donors (Lipinski definition) is 0. The molecule has 3 rings (SSSR count). The number of anilines is 2. The molecule has 136 valence electrons. The number of para-hydroxylation sites is 1. The van der Waals surface area contributed by atoms with Crippen LogP contribution in [0.2, 0.25) is 0 Å². The van der Waals surface area contributed by atoms with E-state index in [0.717, 1.165) is 18.6 Å². The minimum Gasteiger partial charge on any atom is -0.342 e. The molecule has 0 bridgehead atoms. The van der Waals surface area contributed by atoms with Gasteiger partial charge in [0.2, 0.25) is 6.41 Å². The Labute approximate surface area is 153 Å². The lowest BCUT2D eigenvalue weighted by Crippen LogP contribution is -2.48. The molecule has 0 radical (unpaired) electrons.